The molecular formula is C25H38N2O4. The number of ether oxygens (including phenoxy) is 1. The molecule has 1 aromatic rings. The normalized spacial score (nSPS) is 17.3. The number of amides is 2. The zero-order valence-corrected chi connectivity index (χ0v) is 20.2. The number of unbranched alkanes of at least 4 members (excludes halogenated alkanes) is 1. The Bertz CT molecular complexity index is 837. The highest BCUT2D eigenvalue weighted by molar-refractivity contribution is 5.95. The van der Waals surface area contributed by atoms with E-state index in [1.165, 1.54) is 0 Å². The molecule has 0 spiro atoms. The van der Waals surface area contributed by atoms with E-state index in [0.717, 1.165) is 29.5 Å². The molecule has 0 aliphatic carbocycles. The van der Waals surface area contributed by atoms with Gasteiger partial charge in [0, 0.05) is 5.70 Å². The number of urea groups is 1. The summed E-state index contributed by atoms with van der Waals surface area (Å²) in [5.74, 6) is -0.175. The molecule has 31 heavy (non-hydrogen) atoms. The van der Waals surface area contributed by atoms with Crippen LogP contribution in [0.4, 0.5) is 4.79 Å². The molecule has 2 rings (SSSR count). The fourth-order valence-electron chi connectivity index (χ4n) is 3.84. The van der Waals surface area contributed by atoms with Gasteiger partial charge in [-0.1, -0.05) is 54.9 Å². The van der Waals surface area contributed by atoms with Crippen LogP contribution in [0.3, 0.4) is 0 Å². The lowest BCUT2D eigenvalue weighted by molar-refractivity contribution is -0.139. The molecule has 0 saturated heterocycles. The van der Waals surface area contributed by atoms with Crippen LogP contribution in [-0.2, 0) is 20.4 Å². The summed E-state index contributed by atoms with van der Waals surface area (Å²) in [6, 6.07) is 2.81. The van der Waals surface area contributed by atoms with Crippen molar-refractivity contribution < 1.29 is 19.4 Å². The van der Waals surface area contributed by atoms with Crippen LogP contribution in [0.5, 0.6) is 5.75 Å². The second kappa shape index (κ2) is 9.33. The Morgan fingerprint density at radius 1 is 1.06 bits per heavy atom. The zero-order valence-electron chi connectivity index (χ0n) is 20.2. The van der Waals surface area contributed by atoms with Gasteiger partial charge in [0.15, 0.2) is 0 Å². The van der Waals surface area contributed by atoms with E-state index in [1.54, 1.807) is 6.92 Å². The number of benzene rings is 1. The Morgan fingerprint density at radius 2 is 1.61 bits per heavy atom. The standard InChI is InChI=1S/C25H38N2O4/c1-9-11-12-18-19(22(29)31-10-2)20(27-23(30)26-18)15-13-16(24(3,4)5)21(28)17(14-15)25(6,7)8/h13-14,20,28H,9-12H2,1-8H3,(H2,26,27,30). The Balaban J connectivity index is 2.77. The van der Waals surface area contributed by atoms with Gasteiger partial charge >= 0.3 is 12.0 Å². The predicted octanol–water partition coefficient (Wildman–Crippen LogP) is 5.35. The third-order valence-corrected chi connectivity index (χ3v) is 5.51. The summed E-state index contributed by atoms with van der Waals surface area (Å²) < 4.78 is 5.36. The van der Waals surface area contributed by atoms with Gasteiger partial charge in [-0.15, -0.1) is 0 Å². The molecule has 2 amide bonds. The van der Waals surface area contributed by atoms with E-state index in [9.17, 15) is 14.7 Å². The summed E-state index contributed by atoms with van der Waals surface area (Å²) in [6.07, 6.45) is 2.38. The number of hydrogen-bond donors (Lipinski definition) is 3. The van der Waals surface area contributed by atoms with Crippen molar-refractivity contribution in [3.8, 4) is 5.75 Å². The van der Waals surface area contributed by atoms with Crippen LogP contribution < -0.4 is 10.6 Å². The molecule has 1 aromatic carbocycles. The molecule has 0 bridgehead atoms. The largest absolute Gasteiger partial charge is 0.507 e. The van der Waals surface area contributed by atoms with Crippen molar-refractivity contribution in [3.05, 3.63) is 40.1 Å². The lowest BCUT2D eigenvalue weighted by atomic mass is 9.77. The first-order valence-corrected chi connectivity index (χ1v) is 11.2. The number of carbonyl (C=O) groups excluding carboxylic acids is 2. The van der Waals surface area contributed by atoms with E-state index in [4.69, 9.17) is 4.74 Å². The number of esters is 1. The highest BCUT2D eigenvalue weighted by Gasteiger charge is 2.36. The van der Waals surface area contributed by atoms with Crippen molar-refractivity contribution in [1.82, 2.24) is 10.6 Å². The molecule has 1 heterocycles. The number of rotatable bonds is 6. The van der Waals surface area contributed by atoms with Crippen LogP contribution in [0.2, 0.25) is 0 Å². The SMILES string of the molecule is CCCCC1=C(C(=O)OCC)C(c2cc(C(C)(C)C)c(O)c(C(C)(C)C)c2)NC(=O)N1. The average molecular weight is 431 g/mol. The van der Waals surface area contributed by atoms with Crippen LogP contribution >= 0.6 is 0 Å². The number of carbonyl (C=O) groups is 2. The molecule has 3 N–H and O–H groups in total. The van der Waals surface area contributed by atoms with Crippen molar-refractivity contribution >= 4 is 12.0 Å². The molecule has 0 saturated carbocycles. The first kappa shape index (κ1) is 24.8. The number of allylic oxidation sites excluding steroid dienone is 1. The van der Waals surface area contributed by atoms with Crippen molar-refractivity contribution in [1.29, 1.82) is 0 Å². The summed E-state index contributed by atoms with van der Waals surface area (Å²) in [6.45, 7) is 16.3. The topological polar surface area (TPSA) is 87.7 Å². The summed E-state index contributed by atoms with van der Waals surface area (Å²) in [5, 5.41) is 16.8. The van der Waals surface area contributed by atoms with E-state index in [1.807, 2.05) is 53.7 Å². The maximum atomic E-state index is 13.0. The van der Waals surface area contributed by atoms with E-state index >= 15 is 0 Å². The van der Waals surface area contributed by atoms with Crippen molar-refractivity contribution in [2.45, 2.75) is 91.5 Å². The molecule has 6 nitrogen and oxygen atoms in total. The quantitative estimate of drug-likeness (QED) is 0.531. The third kappa shape index (κ3) is 5.60. The van der Waals surface area contributed by atoms with Crippen LogP contribution in [-0.4, -0.2) is 23.7 Å². The van der Waals surface area contributed by atoms with Gasteiger partial charge in [-0.25, -0.2) is 9.59 Å². The van der Waals surface area contributed by atoms with Crippen LogP contribution in [0.25, 0.3) is 0 Å². The number of phenolic OH excluding ortho intramolecular Hbond substituents is 1. The molecule has 1 atom stereocenters. The first-order chi connectivity index (χ1) is 14.3. The minimum atomic E-state index is -0.651. The lowest BCUT2D eigenvalue weighted by Gasteiger charge is -2.33. The summed E-state index contributed by atoms with van der Waals surface area (Å²) >= 11 is 0. The number of aromatic hydroxyl groups is 1. The summed E-state index contributed by atoms with van der Waals surface area (Å²) in [4.78, 5) is 25.5. The second-order valence-corrected chi connectivity index (χ2v) is 10.2. The maximum absolute atomic E-state index is 13.0. The van der Waals surface area contributed by atoms with Crippen molar-refractivity contribution in [2.24, 2.45) is 0 Å². The van der Waals surface area contributed by atoms with Crippen LogP contribution in [0.15, 0.2) is 23.4 Å². The molecule has 172 valence electrons. The van der Waals surface area contributed by atoms with E-state index in [-0.39, 0.29) is 29.2 Å². The number of nitrogens with one attached hydrogen (secondary N) is 2. The summed E-state index contributed by atoms with van der Waals surface area (Å²) in [5.41, 5.74) is 2.71. The molecule has 1 unspecified atom stereocenters. The Kier molecular flexibility index (Phi) is 7.45. The molecule has 6 heteroatoms. The van der Waals surface area contributed by atoms with E-state index < -0.39 is 12.0 Å². The minimum Gasteiger partial charge on any atom is -0.507 e. The van der Waals surface area contributed by atoms with Gasteiger partial charge in [-0.3, -0.25) is 0 Å². The predicted molar refractivity (Wildman–Crippen MR) is 123 cm³/mol. The Labute approximate surface area is 186 Å². The summed E-state index contributed by atoms with van der Waals surface area (Å²) in [7, 11) is 0. The van der Waals surface area contributed by atoms with Gasteiger partial charge in [-0.05, 0) is 59.4 Å². The highest BCUT2D eigenvalue weighted by Crippen LogP contribution is 2.42. The molecule has 0 fully saturated rings. The molecular weight excluding hydrogens is 392 g/mol. The van der Waals surface area contributed by atoms with E-state index in [2.05, 4.69) is 17.6 Å². The number of hydrogen-bond acceptors (Lipinski definition) is 4. The first-order valence-electron chi connectivity index (χ1n) is 11.2. The van der Waals surface area contributed by atoms with Crippen molar-refractivity contribution in [3.63, 3.8) is 0 Å². The van der Waals surface area contributed by atoms with Gasteiger partial charge in [0.25, 0.3) is 0 Å². The van der Waals surface area contributed by atoms with Crippen molar-refractivity contribution in [2.75, 3.05) is 6.61 Å². The maximum Gasteiger partial charge on any atom is 0.338 e. The van der Waals surface area contributed by atoms with Gasteiger partial charge < -0.3 is 20.5 Å². The fraction of sp³-hybridized carbons (Fsp3) is 0.600. The average Bonchev–Trinajstić information content (AvgIpc) is 2.64. The van der Waals surface area contributed by atoms with Gasteiger partial charge in [0.1, 0.15) is 5.75 Å². The third-order valence-electron chi connectivity index (χ3n) is 5.51. The Hall–Kier alpha value is -2.50. The van der Waals surface area contributed by atoms with Gasteiger partial charge in [-0.2, -0.15) is 0 Å². The van der Waals surface area contributed by atoms with Gasteiger partial charge in [0.2, 0.25) is 0 Å². The molecule has 1 aliphatic heterocycles. The smallest absolute Gasteiger partial charge is 0.338 e. The number of phenols is 1. The second-order valence-electron chi connectivity index (χ2n) is 10.2. The van der Waals surface area contributed by atoms with Crippen LogP contribution in [0, 0.1) is 0 Å². The molecule has 0 radical (unpaired) electrons. The monoisotopic (exact) mass is 430 g/mol. The molecule has 1 aliphatic rings. The van der Waals surface area contributed by atoms with E-state index in [0.29, 0.717) is 17.7 Å². The highest BCUT2D eigenvalue weighted by atomic mass is 16.5. The minimum absolute atomic E-state index is 0.250. The van der Waals surface area contributed by atoms with Crippen LogP contribution in [0.1, 0.15) is 97.4 Å². The Morgan fingerprint density at radius 3 is 2.06 bits per heavy atom. The molecule has 0 aromatic heterocycles. The fourth-order valence-corrected chi connectivity index (χ4v) is 3.84. The lowest BCUT2D eigenvalue weighted by Crippen LogP contribution is -2.46. The van der Waals surface area contributed by atoms with Gasteiger partial charge in [0.05, 0.1) is 18.2 Å². The zero-order chi connectivity index (χ0) is 23.6.